The average molecular weight is 434 g/mol. The Morgan fingerprint density at radius 3 is 2.47 bits per heavy atom. The molecule has 0 spiro atoms. The molecule has 0 N–H and O–H groups in total. The van der Waals surface area contributed by atoms with Gasteiger partial charge in [0.15, 0.2) is 5.13 Å². The molecule has 30 heavy (non-hydrogen) atoms. The fraction of sp³-hybridized carbons (Fsp3) is 0.182. The van der Waals surface area contributed by atoms with Gasteiger partial charge < -0.3 is 9.80 Å². The average Bonchev–Trinajstić information content (AvgIpc) is 3.24. The SMILES string of the molecule is O=C(c1cccnc1Sc1ccccc1)N1CCN(c2nc3cccnc3s2)CC1. The third-order valence-electron chi connectivity index (χ3n) is 4.95. The molecule has 4 aromatic rings. The van der Waals surface area contributed by atoms with Crippen LogP contribution in [0.15, 0.2) is 76.9 Å². The summed E-state index contributed by atoms with van der Waals surface area (Å²) in [4.78, 5) is 32.9. The van der Waals surface area contributed by atoms with Gasteiger partial charge in [-0.15, -0.1) is 0 Å². The lowest BCUT2D eigenvalue weighted by Gasteiger charge is -2.34. The Kier molecular flexibility index (Phi) is 5.33. The molecule has 0 radical (unpaired) electrons. The molecule has 5 rings (SSSR count). The third kappa shape index (κ3) is 3.88. The lowest BCUT2D eigenvalue weighted by molar-refractivity contribution is 0.0742. The summed E-state index contributed by atoms with van der Waals surface area (Å²) < 4.78 is 0. The van der Waals surface area contributed by atoms with E-state index in [-0.39, 0.29) is 5.91 Å². The van der Waals surface area contributed by atoms with Crippen molar-refractivity contribution in [2.24, 2.45) is 0 Å². The van der Waals surface area contributed by atoms with E-state index in [4.69, 9.17) is 4.98 Å². The Morgan fingerprint density at radius 2 is 1.67 bits per heavy atom. The molecule has 1 saturated heterocycles. The molecule has 3 aromatic heterocycles. The molecule has 8 heteroatoms. The molecule has 1 aliphatic heterocycles. The zero-order valence-electron chi connectivity index (χ0n) is 16.1. The normalized spacial score (nSPS) is 14.3. The predicted octanol–water partition coefficient (Wildman–Crippen LogP) is 4.20. The highest BCUT2D eigenvalue weighted by molar-refractivity contribution is 7.99. The number of pyridine rings is 2. The number of hydrogen-bond donors (Lipinski definition) is 0. The molecule has 1 fully saturated rings. The summed E-state index contributed by atoms with van der Waals surface area (Å²) in [7, 11) is 0. The number of piperazine rings is 1. The van der Waals surface area contributed by atoms with Crippen molar-refractivity contribution in [3.8, 4) is 0 Å². The summed E-state index contributed by atoms with van der Waals surface area (Å²) in [5, 5.41) is 1.71. The zero-order valence-corrected chi connectivity index (χ0v) is 17.8. The summed E-state index contributed by atoms with van der Waals surface area (Å²) in [6, 6.07) is 17.6. The minimum atomic E-state index is 0.0344. The van der Waals surface area contributed by atoms with Gasteiger partial charge in [0.25, 0.3) is 5.91 Å². The quantitative estimate of drug-likeness (QED) is 0.481. The number of carbonyl (C=O) groups excluding carboxylic acids is 1. The van der Waals surface area contributed by atoms with Crippen LogP contribution in [0.25, 0.3) is 10.3 Å². The van der Waals surface area contributed by atoms with E-state index in [9.17, 15) is 4.79 Å². The summed E-state index contributed by atoms with van der Waals surface area (Å²) in [6.45, 7) is 2.83. The monoisotopic (exact) mass is 433 g/mol. The van der Waals surface area contributed by atoms with E-state index in [2.05, 4.69) is 14.9 Å². The third-order valence-corrected chi connectivity index (χ3v) is 7.02. The van der Waals surface area contributed by atoms with Crippen LogP contribution in [0.1, 0.15) is 10.4 Å². The van der Waals surface area contributed by atoms with E-state index < -0.39 is 0 Å². The number of anilines is 1. The van der Waals surface area contributed by atoms with Crippen molar-refractivity contribution in [2.45, 2.75) is 9.92 Å². The van der Waals surface area contributed by atoms with Crippen LogP contribution in [0.2, 0.25) is 0 Å². The molecule has 1 aliphatic rings. The van der Waals surface area contributed by atoms with Crippen LogP contribution >= 0.6 is 23.1 Å². The Morgan fingerprint density at radius 1 is 0.900 bits per heavy atom. The Balaban J connectivity index is 1.29. The van der Waals surface area contributed by atoms with Crippen LogP contribution in [-0.2, 0) is 0 Å². The Bertz CT molecular complexity index is 1140. The number of aromatic nitrogens is 3. The maximum absolute atomic E-state index is 13.2. The van der Waals surface area contributed by atoms with Gasteiger partial charge in [-0.3, -0.25) is 4.79 Å². The van der Waals surface area contributed by atoms with Crippen LogP contribution < -0.4 is 4.90 Å². The largest absolute Gasteiger partial charge is 0.344 e. The molecule has 0 atom stereocenters. The first-order chi connectivity index (χ1) is 14.8. The number of hydrogen-bond acceptors (Lipinski definition) is 7. The molecule has 1 amide bonds. The summed E-state index contributed by atoms with van der Waals surface area (Å²) in [5.41, 5.74) is 1.58. The lowest BCUT2D eigenvalue weighted by atomic mass is 10.2. The summed E-state index contributed by atoms with van der Waals surface area (Å²) >= 11 is 3.12. The van der Waals surface area contributed by atoms with Gasteiger partial charge >= 0.3 is 0 Å². The van der Waals surface area contributed by atoms with E-state index in [0.29, 0.717) is 18.7 Å². The molecule has 0 saturated carbocycles. The number of fused-ring (bicyclic) bond motifs is 1. The molecule has 6 nitrogen and oxygen atoms in total. The summed E-state index contributed by atoms with van der Waals surface area (Å²) in [5.74, 6) is 0.0344. The first-order valence-corrected chi connectivity index (χ1v) is 11.3. The van der Waals surface area contributed by atoms with Gasteiger partial charge in [0.2, 0.25) is 0 Å². The molecule has 0 aliphatic carbocycles. The number of carbonyl (C=O) groups is 1. The first kappa shape index (κ1) is 19.0. The molecule has 1 aromatic carbocycles. The highest BCUT2D eigenvalue weighted by atomic mass is 32.2. The molecular formula is C22H19N5OS2. The van der Waals surface area contributed by atoms with E-state index >= 15 is 0 Å². The number of amides is 1. The van der Waals surface area contributed by atoms with Gasteiger partial charge in [0, 0.05) is 43.5 Å². The van der Waals surface area contributed by atoms with Crippen molar-refractivity contribution in [2.75, 3.05) is 31.1 Å². The lowest BCUT2D eigenvalue weighted by Crippen LogP contribution is -2.48. The fourth-order valence-electron chi connectivity index (χ4n) is 3.40. The summed E-state index contributed by atoms with van der Waals surface area (Å²) in [6.07, 6.45) is 3.53. The van der Waals surface area contributed by atoms with Gasteiger partial charge in [0.05, 0.1) is 5.56 Å². The standard InChI is InChI=1S/C22H19N5OS2/c28-21(17-8-4-10-23-19(17)29-16-6-2-1-3-7-16)26-12-14-27(15-13-26)22-25-18-9-5-11-24-20(18)30-22/h1-11H,12-15H2. The first-order valence-electron chi connectivity index (χ1n) is 9.71. The molecule has 0 bridgehead atoms. The highest BCUT2D eigenvalue weighted by Crippen LogP contribution is 2.30. The number of thiazole rings is 1. The molecular weight excluding hydrogens is 414 g/mol. The smallest absolute Gasteiger partial charge is 0.256 e. The number of rotatable bonds is 4. The van der Waals surface area contributed by atoms with Crippen molar-refractivity contribution >= 4 is 44.5 Å². The van der Waals surface area contributed by atoms with Gasteiger partial charge in [0.1, 0.15) is 15.4 Å². The van der Waals surface area contributed by atoms with Gasteiger partial charge in [-0.1, -0.05) is 41.3 Å². The zero-order chi connectivity index (χ0) is 20.3. The highest BCUT2D eigenvalue weighted by Gasteiger charge is 2.26. The van der Waals surface area contributed by atoms with Gasteiger partial charge in [-0.2, -0.15) is 0 Å². The van der Waals surface area contributed by atoms with Crippen molar-refractivity contribution in [3.63, 3.8) is 0 Å². The van der Waals surface area contributed by atoms with Crippen molar-refractivity contribution in [1.82, 2.24) is 19.9 Å². The van der Waals surface area contributed by atoms with Crippen LogP contribution in [0, 0.1) is 0 Å². The minimum absolute atomic E-state index is 0.0344. The van der Waals surface area contributed by atoms with Crippen LogP contribution in [0.5, 0.6) is 0 Å². The van der Waals surface area contributed by atoms with E-state index in [1.54, 1.807) is 23.7 Å². The van der Waals surface area contributed by atoms with Crippen molar-refractivity contribution in [1.29, 1.82) is 0 Å². The van der Waals surface area contributed by atoms with E-state index in [0.717, 1.165) is 38.5 Å². The van der Waals surface area contributed by atoms with Crippen LogP contribution in [0.3, 0.4) is 0 Å². The van der Waals surface area contributed by atoms with Gasteiger partial charge in [-0.25, -0.2) is 15.0 Å². The maximum Gasteiger partial charge on any atom is 0.256 e. The van der Waals surface area contributed by atoms with E-state index in [1.807, 2.05) is 59.5 Å². The number of nitrogens with zero attached hydrogens (tertiary/aromatic N) is 5. The minimum Gasteiger partial charge on any atom is -0.344 e. The fourth-order valence-corrected chi connectivity index (χ4v) is 5.26. The van der Waals surface area contributed by atoms with Crippen LogP contribution in [-0.4, -0.2) is 51.9 Å². The second kappa shape index (κ2) is 8.41. The van der Waals surface area contributed by atoms with Gasteiger partial charge in [-0.05, 0) is 36.4 Å². The Hall–Kier alpha value is -2.97. The second-order valence-corrected chi connectivity index (χ2v) is 8.89. The van der Waals surface area contributed by atoms with E-state index in [1.165, 1.54) is 11.8 Å². The Labute approximate surface area is 182 Å². The maximum atomic E-state index is 13.2. The second-order valence-electron chi connectivity index (χ2n) is 6.87. The molecule has 150 valence electrons. The predicted molar refractivity (Wildman–Crippen MR) is 120 cm³/mol. The molecule has 4 heterocycles. The topological polar surface area (TPSA) is 62.2 Å². The van der Waals surface area contributed by atoms with Crippen molar-refractivity contribution < 1.29 is 4.79 Å². The van der Waals surface area contributed by atoms with Crippen LogP contribution in [0.4, 0.5) is 5.13 Å². The molecule has 0 unspecified atom stereocenters. The number of benzene rings is 1. The van der Waals surface area contributed by atoms with Crippen molar-refractivity contribution in [3.05, 3.63) is 72.6 Å².